The number of carbonyl (C=O) groups is 2. The number of ether oxygens (including phenoxy) is 6. The van der Waals surface area contributed by atoms with Gasteiger partial charge in [-0.25, -0.2) is 0 Å². The Morgan fingerprint density at radius 2 is 1.16 bits per heavy atom. The number of hydrogen-bond donors (Lipinski definition) is 0. The van der Waals surface area contributed by atoms with Crippen LogP contribution in [-0.2, 0) is 38.0 Å². The molecular weight excluding hydrogens is 705 g/mol. The zero-order valence-corrected chi connectivity index (χ0v) is 37.5. The third kappa shape index (κ3) is 6.86. The maximum Gasteiger partial charge on any atom is 0.146 e. The van der Waals surface area contributed by atoms with Crippen LogP contribution < -0.4 is 0 Å². The Kier molecular flexibility index (Phi) is 13.5. The molecule has 0 saturated heterocycles. The first kappa shape index (κ1) is 44.4. The summed E-state index contributed by atoms with van der Waals surface area (Å²) < 4.78 is 35.5. The van der Waals surface area contributed by atoms with Crippen molar-refractivity contribution in [1.82, 2.24) is 0 Å². The molecule has 0 spiro atoms. The average molecular weight is 785 g/mol. The highest BCUT2D eigenvalue weighted by Crippen LogP contribution is 2.70. The molecule has 7 rings (SSSR count). The van der Waals surface area contributed by atoms with Gasteiger partial charge in [-0.2, -0.15) is 0 Å². The number of methoxy groups -OCH3 is 4. The summed E-state index contributed by atoms with van der Waals surface area (Å²) >= 11 is 0. The van der Waals surface area contributed by atoms with E-state index in [2.05, 4.69) is 67.5 Å². The van der Waals surface area contributed by atoms with E-state index in [1.165, 1.54) is 12.8 Å². The van der Waals surface area contributed by atoms with E-state index < -0.39 is 5.41 Å². The molecule has 0 radical (unpaired) electrons. The standard InChI is InChI=1S/C27H44O4.C21H36O4/c1-18-12-14-27-15-13-21(30-6)23(27)26(18,4)22(31-17-29-5)16-25(3,24(28)19(27)2)20-10-8-7-9-11-20;1-13-11-17(25-12-23-5)20(4)14(2)7-9-21(15(3)18(13)22)10-8-16(24-6)19(20)21/h8,10,18-23H,7,9,11-17H2,1-6H3;13-17,19H,7-12H2,1-6H3/t18-,19+,20?,21-,22-,23?,25+,26+,27?;13-,14+,15-,16+,17+,19?,20-,21?/m10/s1. The van der Waals surface area contributed by atoms with Crippen molar-refractivity contribution >= 4 is 11.6 Å². The molecule has 8 nitrogen and oxygen atoms in total. The number of Topliss-reactive ketones (excluding diaryl/α,β-unsaturated/α-hetero) is 2. The van der Waals surface area contributed by atoms with Gasteiger partial charge in [0, 0.05) is 62.4 Å². The van der Waals surface area contributed by atoms with Crippen molar-refractivity contribution < 1.29 is 38.0 Å². The molecule has 320 valence electrons. The number of rotatable bonds is 9. The Morgan fingerprint density at radius 1 is 0.661 bits per heavy atom. The zero-order valence-electron chi connectivity index (χ0n) is 37.5. The molecule has 5 unspecified atom stereocenters. The van der Waals surface area contributed by atoms with Crippen LogP contribution in [-0.4, -0.2) is 78.0 Å². The minimum atomic E-state index is -0.393. The predicted molar refractivity (Wildman–Crippen MR) is 220 cm³/mol. The molecule has 17 atom stereocenters. The van der Waals surface area contributed by atoms with Gasteiger partial charge < -0.3 is 28.4 Å². The molecule has 0 aromatic heterocycles. The molecule has 0 aromatic carbocycles. The highest BCUT2D eigenvalue weighted by molar-refractivity contribution is 5.88. The normalized spacial score (nSPS) is 50.1. The van der Waals surface area contributed by atoms with E-state index in [1.807, 2.05) is 14.2 Å². The van der Waals surface area contributed by atoms with Gasteiger partial charge in [0.2, 0.25) is 0 Å². The maximum absolute atomic E-state index is 14.4. The van der Waals surface area contributed by atoms with Gasteiger partial charge in [-0.15, -0.1) is 0 Å². The van der Waals surface area contributed by atoms with E-state index in [4.69, 9.17) is 28.4 Å². The van der Waals surface area contributed by atoms with Crippen LogP contribution in [0.2, 0.25) is 0 Å². The van der Waals surface area contributed by atoms with Gasteiger partial charge in [0.15, 0.2) is 0 Å². The molecule has 4 bridgehead atoms. The van der Waals surface area contributed by atoms with Gasteiger partial charge in [0.05, 0.1) is 24.4 Å². The molecule has 6 fully saturated rings. The largest absolute Gasteiger partial charge is 0.381 e. The summed E-state index contributed by atoms with van der Waals surface area (Å²) in [5.41, 5.74) is -0.327. The van der Waals surface area contributed by atoms with E-state index in [9.17, 15) is 9.59 Å². The Morgan fingerprint density at radius 3 is 1.66 bits per heavy atom. The fourth-order valence-corrected chi connectivity index (χ4v) is 15.3. The minimum Gasteiger partial charge on any atom is -0.381 e. The molecule has 7 aliphatic rings. The van der Waals surface area contributed by atoms with Crippen molar-refractivity contribution in [2.75, 3.05) is 42.0 Å². The lowest BCUT2D eigenvalue weighted by atomic mass is 9.43. The lowest BCUT2D eigenvalue weighted by Gasteiger charge is -2.62. The first-order valence-electron chi connectivity index (χ1n) is 22.6. The van der Waals surface area contributed by atoms with Crippen LogP contribution in [0.25, 0.3) is 0 Å². The SMILES string of the molecule is COCO[C@@H]1C[C@@](C)(C2C=CCCC2)C(=O)[C@H](C)C23CC[C@@H](C)[C@]1(C)C2[C@H](OC)CC3.COCO[C@@H]1C[C@H](C)C(=O)[C@H](C)C23CC[C@@H](C)[C@]1(C)C2[C@H](OC)CC3. The van der Waals surface area contributed by atoms with E-state index in [0.29, 0.717) is 47.9 Å². The molecule has 0 heterocycles. The van der Waals surface area contributed by atoms with Crippen LogP contribution in [0.4, 0.5) is 0 Å². The highest BCUT2D eigenvalue weighted by Gasteiger charge is 2.69. The summed E-state index contributed by atoms with van der Waals surface area (Å²) in [6.45, 7) is 19.0. The third-order valence-corrected chi connectivity index (χ3v) is 18.9. The van der Waals surface area contributed by atoms with Crippen LogP contribution in [0.15, 0.2) is 12.2 Å². The van der Waals surface area contributed by atoms with Crippen molar-refractivity contribution in [3.8, 4) is 0 Å². The minimum absolute atomic E-state index is 0.0111. The monoisotopic (exact) mass is 785 g/mol. The summed E-state index contributed by atoms with van der Waals surface area (Å²) in [5.74, 6) is 3.21. The van der Waals surface area contributed by atoms with Gasteiger partial charge in [0.25, 0.3) is 0 Å². The Balaban J connectivity index is 0.000000194. The quantitative estimate of drug-likeness (QED) is 0.169. The van der Waals surface area contributed by atoms with Crippen molar-refractivity contribution in [3.63, 3.8) is 0 Å². The first-order valence-corrected chi connectivity index (χ1v) is 22.6. The average Bonchev–Trinajstić information content (AvgIpc) is 3.80. The fourth-order valence-electron chi connectivity index (χ4n) is 15.3. The Hall–Kier alpha value is -1.16. The van der Waals surface area contributed by atoms with Gasteiger partial charge in [-0.1, -0.05) is 67.5 Å². The van der Waals surface area contributed by atoms with E-state index in [1.54, 1.807) is 14.2 Å². The lowest BCUT2D eigenvalue weighted by Crippen LogP contribution is -2.63. The van der Waals surface area contributed by atoms with Gasteiger partial charge in [-0.3, -0.25) is 9.59 Å². The molecule has 56 heavy (non-hydrogen) atoms. The van der Waals surface area contributed by atoms with Crippen LogP contribution in [0.1, 0.15) is 139 Å². The summed E-state index contributed by atoms with van der Waals surface area (Å²) in [5, 5.41) is 0. The predicted octanol–water partition coefficient (Wildman–Crippen LogP) is 9.86. The summed E-state index contributed by atoms with van der Waals surface area (Å²) in [4.78, 5) is 27.6. The molecular formula is C48H80O8. The maximum atomic E-state index is 14.4. The summed E-state index contributed by atoms with van der Waals surface area (Å²) in [7, 11) is 7.07. The van der Waals surface area contributed by atoms with Crippen LogP contribution in [0.5, 0.6) is 0 Å². The van der Waals surface area contributed by atoms with Crippen LogP contribution in [0.3, 0.4) is 0 Å². The summed E-state index contributed by atoms with van der Waals surface area (Å²) in [6, 6.07) is 0. The number of carbonyl (C=O) groups excluding carboxylic acids is 2. The molecule has 0 aromatic rings. The topological polar surface area (TPSA) is 89.5 Å². The second-order valence-corrected chi connectivity index (χ2v) is 20.7. The van der Waals surface area contributed by atoms with E-state index >= 15 is 0 Å². The second kappa shape index (κ2) is 17.1. The van der Waals surface area contributed by atoms with Gasteiger partial charge >= 0.3 is 0 Å². The number of ketones is 2. The van der Waals surface area contributed by atoms with Crippen molar-refractivity contribution in [1.29, 1.82) is 0 Å². The molecule has 0 amide bonds. The molecule has 0 aliphatic heterocycles. The summed E-state index contributed by atoms with van der Waals surface area (Å²) in [6.07, 6.45) is 19.0. The molecule has 8 heteroatoms. The lowest BCUT2D eigenvalue weighted by molar-refractivity contribution is -0.222. The van der Waals surface area contributed by atoms with Crippen LogP contribution >= 0.6 is 0 Å². The van der Waals surface area contributed by atoms with Crippen molar-refractivity contribution in [2.45, 2.75) is 163 Å². The van der Waals surface area contributed by atoms with Gasteiger partial charge in [-0.05, 0) is 124 Å². The second-order valence-electron chi connectivity index (χ2n) is 20.7. The van der Waals surface area contributed by atoms with Crippen molar-refractivity contribution in [3.05, 3.63) is 12.2 Å². The number of hydrogen-bond acceptors (Lipinski definition) is 8. The first-order chi connectivity index (χ1) is 26.6. The Bertz CT molecular complexity index is 1410. The van der Waals surface area contributed by atoms with E-state index in [-0.39, 0.29) is 70.6 Å². The van der Waals surface area contributed by atoms with Crippen molar-refractivity contribution in [2.24, 2.45) is 74.4 Å². The zero-order chi connectivity index (χ0) is 40.8. The number of allylic oxidation sites excluding steroid dienone is 2. The molecule has 0 N–H and O–H groups in total. The highest BCUT2D eigenvalue weighted by atomic mass is 16.7. The Labute approximate surface area is 340 Å². The van der Waals surface area contributed by atoms with Crippen LogP contribution in [0, 0.1) is 74.4 Å². The smallest absolute Gasteiger partial charge is 0.146 e. The molecule has 7 aliphatic carbocycles. The van der Waals surface area contributed by atoms with E-state index in [0.717, 1.165) is 70.6 Å². The third-order valence-electron chi connectivity index (χ3n) is 18.9. The fraction of sp³-hybridized carbons (Fsp3) is 0.917. The molecule has 6 saturated carbocycles. The van der Waals surface area contributed by atoms with Gasteiger partial charge in [0.1, 0.15) is 25.2 Å².